The molecule has 0 aliphatic carbocycles. The topological polar surface area (TPSA) is 70.7 Å². The lowest BCUT2D eigenvalue weighted by molar-refractivity contribution is 0.0930. The SMILES string of the molecule is CC(NC(=O)c1ncn[nH]1)c1ccc(F)cc1. The molecule has 0 aliphatic heterocycles. The summed E-state index contributed by atoms with van der Waals surface area (Å²) in [5.41, 5.74) is 0.819. The molecule has 17 heavy (non-hydrogen) atoms. The molecule has 88 valence electrons. The number of aromatic nitrogens is 3. The van der Waals surface area contributed by atoms with Crippen LogP contribution in [0.3, 0.4) is 0 Å². The Morgan fingerprint density at radius 1 is 1.41 bits per heavy atom. The predicted octanol–water partition coefficient (Wildman–Crippen LogP) is 1.43. The van der Waals surface area contributed by atoms with Crippen LogP contribution < -0.4 is 5.32 Å². The highest BCUT2D eigenvalue weighted by atomic mass is 19.1. The standard InChI is InChI=1S/C11H11FN4O/c1-7(8-2-4-9(12)5-3-8)15-11(17)10-13-6-14-16-10/h2-7H,1H3,(H,15,17)(H,13,14,16). The summed E-state index contributed by atoms with van der Waals surface area (Å²) < 4.78 is 12.7. The number of benzene rings is 1. The van der Waals surface area contributed by atoms with E-state index in [9.17, 15) is 9.18 Å². The van der Waals surface area contributed by atoms with E-state index in [1.54, 1.807) is 12.1 Å². The number of aromatic amines is 1. The van der Waals surface area contributed by atoms with Crippen molar-refractivity contribution in [3.8, 4) is 0 Å². The molecule has 1 heterocycles. The zero-order chi connectivity index (χ0) is 12.3. The summed E-state index contributed by atoms with van der Waals surface area (Å²) in [5.74, 6) is -0.499. The molecule has 0 saturated heterocycles. The van der Waals surface area contributed by atoms with Crippen LogP contribution in [0.25, 0.3) is 0 Å². The van der Waals surface area contributed by atoms with Gasteiger partial charge in [0.05, 0.1) is 6.04 Å². The number of hydrogen-bond acceptors (Lipinski definition) is 3. The Kier molecular flexibility index (Phi) is 3.13. The maximum Gasteiger partial charge on any atom is 0.289 e. The van der Waals surface area contributed by atoms with E-state index in [0.717, 1.165) is 5.56 Å². The fourth-order valence-corrected chi connectivity index (χ4v) is 1.41. The molecule has 6 heteroatoms. The molecule has 1 aromatic heterocycles. The summed E-state index contributed by atoms with van der Waals surface area (Å²) in [6.07, 6.45) is 1.26. The van der Waals surface area contributed by atoms with Gasteiger partial charge < -0.3 is 5.32 Å². The number of halogens is 1. The van der Waals surface area contributed by atoms with E-state index in [1.807, 2.05) is 6.92 Å². The lowest BCUT2D eigenvalue weighted by atomic mass is 10.1. The van der Waals surface area contributed by atoms with E-state index >= 15 is 0 Å². The van der Waals surface area contributed by atoms with Crippen molar-refractivity contribution < 1.29 is 9.18 Å². The van der Waals surface area contributed by atoms with Crippen molar-refractivity contribution in [3.63, 3.8) is 0 Å². The summed E-state index contributed by atoms with van der Waals surface area (Å²) >= 11 is 0. The van der Waals surface area contributed by atoms with Crippen LogP contribution in [0.2, 0.25) is 0 Å². The van der Waals surface area contributed by atoms with Crippen LogP contribution in [0.5, 0.6) is 0 Å². The molecule has 2 N–H and O–H groups in total. The number of amides is 1. The minimum Gasteiger partial charge on any atom is -0.343 e. The minimum absolute atomic E-state index is 0.152. The first-order valence-electron chi connectivity index (χ1n) is 5.08. The van der Waals surface area contributed by atoms with E-state index in [-0.39, 0.29) is 23.6 Å². The van der Waals surface area contributed by atoms with Crippen molar-refractivity contribution in [2.45, 2.75) is 13.0 Å². The van der Waals surface area contributed by atoms with Crippen molar-refractivity contribution in [2.24, 2.45) is 0 Å². The van der Waals surface area contributed by atoms with Gasteiger partial charge in [-0.1, -0.05) is 12.1 Å². The van der Waals surface area contributed by atoms with Gasteiger partial charge in [-0.15, -0.1) is 0 Å². The smallest absolute Gasteiger partial charge is 0.289 e. The second kappa shape index (κ2) is 4.73. The van der Waals surface area contributed by atoms with E-state index < -0.39 is 0 Å². The molecule has 1 atom stereocenters. The first-order chi connectivity index (χ1) is 8.16. The van der Waals surface area contributed by atoms with Gasteiger partial charge in [0.1, 0.15) is 12.1 Å². The Labute approximate surface area is 97.1 Å². The fraction of sp³-hybridized carbons (Fsp3) is 0.182. The van der Waals surface area contributed by atoms with Gasteiger partial charge in [-0.25, -0.2) is 9.37 Å². The number of carbonyl (C=O) groups is 1. The minimum atomic E-state index is -0.348. The Balaban J connectivity index is 2.04. The Hall–Kier alpha value is -2.24. The predicted molar refractivity (Wildman–Crippen MR) is 58.7 cm³/mol. The monoisotopic (exact) mass is 234 g/mol. The normalized spacial score (nSPS) is 12.1. The summed E-state index contributed by atoms with van der Waals surface area (Å²) in [7, 11) is 0. The molecule has 0 saturated carbocycles. The number of hydrogen-bond donors (Lipinski definition) is 2. The zero-order valence-electron chi connectivity index (χ0n) is 9.14. The van der Waals surface area contributed by atoms with Crippen LogP contribution in [-0.2, 0) is 0 Å². The molecule has 1 aromatic carbocycles. The van der Waals surface area contributed by atoms with E-state index in [2.05, 4.69) is 20.5 Å². The van der Waals surface area contributed by atoms with Crippen molar-refractivity contribution in [2.75, 3.05) is 0 Å². The summed E-state index contributed by atoms with van der Waals surface area (Å²) in [6.45, 7) is 1.81. The third-order valence-corrected chi connectivity index (χ3v) is 2.35. The third-order valence-electron chi connectivity index (χ3n) is 2.35. The van der Waals surface area contributed by atoms with Crippen LogP contribution in [0.4, 0.5) is 4.39 Å². The lowest BCUT2D eigenvalue weighted by Crippen LogP contribution is -2.27. The summed E-state index contributed by atoms with van der Waals surface area (Å²) in [6, 6.07) is 5.73. The molecule has 0 spiro atoms. The number of carbonyl (C=O) groups excluding carboxylic acids is 1. The van der Waals surface area contributed by atoms with Crippen molar-refractivity contribution >= 4 is 5.91 Å². The fourth-order valence-electron chi connectivity index (χ4n) is 1.41. The van der Waals surface area contributed by atoms with E-state index in [0.29, 0.717) is 0 Å². The molecule has 1 amide bonds. The Bertz CT molecular complexity index is 495. The Morgan fingerprint density at radius 2 is 2.12 bits per heavy atom. The molecule has 2 aromatic rings. The molecule has 5 nitrogen and oxygen atoms in total. The van der Waals surface area contributed by atoms with Gasteiger partial charge in [0.2, 0.25) is 5.82 Å². The first-order valence-corrected chi connectivity index (χ1v) is 5.08. The van der Waals surface area contributed by atoms with Gasteiger partial charge in [-0.3, -0.25) is 9.89 Å². The van der Waals surface area contributed by atoms with Crippen molar-refractivity contribution in [3.05, 3.63) is 47.8 Å². The van der Waals surface area contributed by atoms with E-state index in [4.69, 9.17) is 0 Å². The van der Waals surface area contributed by atoms with Crippen LogP contribution >= 0.6 is 0 Å². The Morgan fingerprint density at radius 3 is 2.71 bits per heavy atom. The largest absolute Gasteiger partial charge is 0.343 e. The van der Waals surface area contributed by atoms with Crippen LogP contribution in [0.1, 0.15) is 29.1 Å². The van der Waals surface area contributed by atoms with Gasteiger partial charge in [0.25, 0.3) is 5.91 Å². The second-order valence-corrected chi connectivity index (χ2v) is 3.58. The second-order valence-electron chi connectivity index (χ2n) is 3.58. The van der Waals surface area contributed by atoms with E-state index in [1.165, 1.54) is 18.5 Å². The summed E-state index contributed by atoms with van der Waals surface area (Å²) in [5, 5.41) is 8.78. The average molecular weight is 234 g/mol. The van der Waals surface area contributed by atoms with Gasteiger partial charge >= 0.3 is 0 Å². The van der Waals surface area contributed by atoms with Crippen molar-refractivity contribution in [1.82, 2.24) is 20.5 Å². The zero-order valence-corrected chi connectivity index (χ0v) is 9.14. The highest BCUT2D eigenvalue weighted by molar-refractivity contribution is 5.90. The summed E-state index contributed by atoms with van der Waals surface area (Å²) in [4.78, 5) is 15.4. The molecule has 0 bridgehead atoms. The van der Waals surface area contributed by atoms with Crippen molar-refractivity contribution in [1.29, 1.82) is 0 Å². The lowest BCUT2D eigenvalue weighted by Gasteiger charge is -2.12. The number of rotatable bonds is 3. The first kappa shape index (κ1) is 11.3. The molecule has 2 rings (SSSR count). The molecular formula is C11H11FN4O. The molecule has 0 fully saturated rings. The number of H-pyrrole nitrogens is 1. The van der Waals surface area contributed by atoms with Gasteiger partial charge in [0.15, 0.2) is 0 Å². The highest BCUT2D eigenvalue weighted by Gasteiger charge is 2.13. The third kappa shape index (κ3) is 2.66. The maximum absolute atomic E-state index is 12.7. The molecule has 0 radical (unpaired) electrons. The van der Waals surface area contributed by atoms with Crippen LogP contribution in [-0.4, -0.2) is 21.1 Å². The highest BCUT2D eigenvalue weighted by Crippen LogP contribution is 2.12. The number of nitrogens with zero attached hydrogens (tertiary/aromatic N) is 2. The molecular weight excluding hydrogens is 223 g/mol. The van der Waals surface area contributed by atoms with Crippen LogP contribution in [0.15, 0.2) is 30.6 Å². The average Bonchev–Trinajstić information content (AvgIpc) is 2.83. The number of nitrogens with one attached hydrogen (secondary N) is 2. The van der Waals surface area contributed by atoms with Crippen LogP contribution in [0, 0.1) is 5.82 Å². The molecule has 1 unspecified atom stereocenters. The quantitative estimate of drug-likeness (QED) is 0.844. The molecule has 0 aliphatic rings. The van der Waals surface area contributed by atoms with Gasteiger partial charge in [-0.2, -0.15) is 5.10 Å². The van der Waals surface area contributed by atoms with Gasteiger partial charge in [0, 0.05) is 0 Å². The maximum atomic E-state index is 12.7. The van der Waals surface area contributed by atoms with Gasteiger partial charge in [-0.05, 0) is 24.6 Å².